The second-order valence-electron chi connectivity index (χ2n) is 7.97. The first-order chi connectivity index (χ1) is 14.2. The normalized spacial score (nSPS) is 12.8. The molecule has 29 heavy (non-hydrogen) atoms. The molecule has 0 aliphatic rings. The summed E-state index contributed by atoms with van der Waals surface area (Å²) >= 11 is -2.51. The van der Waals surface area contributed by atoms with Gasteiger partial charge in [0.15, 0.2) is 0 Å². The van der Waals surface area contributed by atoms with Gasteiger partial charge >= 0.3 is 13.6 Å². The Morgan fingerprint density at radius 3 is 1.52 bits per heavy atom. The maximum atomic E-state index is 7.02. The van der Waals surface area contributed by atoms with Crippen molar-refractivity contribution in [1.29, 1.82) is 0 Å². The maximum Gasteiger partial charge on any atom is 0.400 e. The monoisotopic (exact) mass is 402 g/mol. The van der Waals surface area contributed by atoms with Gasteiger partial charge in [-0.3, -0.25) is 0 Å². The molecule has 0 saturated heterocycles. The van der Waals surface area contributed by atoms with E-state index in [-0.39, 0.29) is 6.10 Å². The highest BCUT2D eigenvalue weighted by molar-refractivity contribution is 6.70. The molecule has 2 nitrogen and oxygen atoms in total. The summed E-state index contributed by atoms with van der Waals surface area (Å²) in [5.41, 5.74) is 3.97. The fourth-order valence-corrected chi connectivity index (χ4v) is 8.46. The van der Waals surface area contributed by atoms with Gasteiger partial charge in [-0.1, -0.05) is 105 Å². The zero-order chi connectivity index (χ0) is 20.5. The molecular weight excluding hydrogens is 369 g/mol. The van der Waals surface area contributed by atoms with Crippen molar-refractivity contribution in [3.8, 4) is 0 Å². The van der Waals surface area contributed by atoms with Crippen molar-refractivity contribution >= 4 is 13.6 Å². The molecule has 0 radical (unpaired) electrons. The van der Waals surface area contributed by atoms with Crippen molar-refractivity contribution in [1.82, 2.24) is 3.88 Å². The molecule has 0 amide bonds. The average molecular weight is 403 g/mol. The highest BCUT2D eigenvalue weighted by Gasteiger charge is 2.37. The minimum atomic E-state index is -2.51. The van der Waals surface area contributed by atoms with Gasteiger partial charge in [-0.2, -0.15) is 10.6 Å². The van der Waals surface area contributed by atoms with Gasteiger partial charge in [0.05, 0.1) is 0 Å². The Balaban J connectivity index is 1.91. The lowest BCUT2D eigenvalue weighted by Gasteiger charge is -2.49. The van der Waals surface area contributed by atoms with Crippen LogP contribution in [0.2, 0.25) is 10.6 Å². The van der Waals surface area contributed by atoms with E-state index in [9.17, 15) is 0 Å². The average Bonchev–Trinajstić information content (AvgIpc) is 2.79. The SMILES string of the molecule is C[CH2][Al-]([CH2]C)([O]C(C)c1ccccc1)[N](Cc1ccccc1)Cc1ccccc1. The van der Waals surface area contributed by atoms with Crippen molar-refractivity contribution in [2.24, 2.45) is 0 Å². The molecule has 0 N–H and O–H groups in total. The number of benzene rings is 3. The molecule has 0 spiro atoms. The molecule has 1 atom stereocenters. The van der Waals surface area contributed by atoms with Crippen LogP contribution in [0, 0.1) is 0 Å². The van der Waals surface area contributed by atoms with Crippen molar-refractivity contribution in [3.63, 3.8) is 0 Å². The van der Waals surface area contributed by atoms with Crippen LogP contribution in [0.5, 0.6) is 0 Å². The molecule has 0 bridgehead atoms. The van der Waals surface area contributed by atoms with Gasteiger partial charge in [0.2, 0.25) is 0 Å². The van der Waals surface area contributed by atoms with E-state index in [0.717, 1.165) is 23.7 Å². The summed E-state index contributed by atoms with van der Waals surface area (Å²) in [7, 11) is 0. The standard InChI is InChI=1S/C14H14N.C8H9O.2C2H5.Al/c1-3-7-13(8-4-1)11-15-12-14-9-5-2-6-10-14;1-7(9)8-5-3-2-4-6-8;2*1-2;/h1-10H,11-12H2;2-7H,1H3;2*1H2,2H3;/q2*-1;;;+1. The second kappa shape index (κ2) is 10.8. The molecule has 152 valence electrons. The summed E-state index contributed by atoms with van der Waals surface area (Å²) < 4.78 is 9.70. The molecule has 0 fully saturated rings. The molecule has 0 aliphatic heterocycles. The summed E-state index contributed by atoms with van der Waals surface area (Å²) in [6, 6.07) is 32.3. The largest absolute Gasteiger partial charge is 0.640 e. The van der Waals surface area contributed by atoms with E-state index >= 15 is 0 Å². The van der Waals surface area contributed by atoms with Crippen LogP contribution in [0.15, 0.2) is 91.0 Å². The molecule has 1 unspecified atom stereocenters. The Kier molecular flexibility index (Phi) is 8.10. The topological polar surface area (TPSA) is 12.5 Å². The van der Waals surface area contributed by atoms with Crippen molar-refractivity contribution in [3.05, 3.63) is 108 Å². The summed E-state index contributed by atoms with van der Waals surface area (Å²) in [5.74, 6) is 0. The fourth-order valence-electron chi connectivity index (χ4n) is 4.29. The van der Waals surface area contributed by atoms with Crippen LogP contribution in [0.4, 0.5) is 0 Å². The Bertz CT molecular complexity index is 793. The molecule has 3 heteroatoms. The van der Waals surface area contributed by atoms with E-state index in [4.69, 9.17) is 3.79 Å². The van der Waals surface area contributed by atoms with Crippen LogP contribution in [0.3, 0.4) is 0 Å². The van der Waals surface area contributed by atoms with Crippen molar-refractivity contribution in [2.45, 2.75) is 50.5 Å². The molecule has 3 aromatic rings. The summed E-state index contributed by atoms with van der Waals surface area (Å²) in [6.45, 7) is 8.70. The summed E-state index contributed by atoms with van der Waals surface area (Å²) in [4.78, 5) is 0. The van der Waals surface area contributed by atoms with Crippen LogP contribution in [-0.2, 0) is 16.9 Å². The van der Waals surface area contributed by atoms with Crippen LogP contribution in [-0.4, -0.2) is 17.5 Å². The van der Waals surface area contributed by atoms with E-state index in [1.807, 2.05) is 0 Å². The smallest absolute Gasteiger partial charge is 0.400 e. The highest BCUT2D eigenvalue weighted by atomic mass is 27.3. The van der Waals surface area contributed by atoms with E-state index in [0.29, 0.717) is 0 Å². The number of hydrogen-bond acceptors (Lipinski definition) is 2. The van der Waals surface area contributed by atoms with Crippen molar-refractivity contribution < 1.29 is 3.79 Å². The summed E-state index contributed by atoms with van der Waals surface area (Å²) in [5, 5.41) is 2.20. The van der Waals surface area contributed by atoms with Crippen LogP contribution in [0.25, 0.3) is 0 Å². The molecule has 0 heterocycles. The van der Waals surface area contributed by atoms with Gasteiger partial charge in [-0.05, 0) is 36.7 Å². The third-order valence-corrected chi connectivity index (χ3v) is 11.3. The first kappa shape index (κ1) is 21.8. The first-order valence-corrected chi connectivity index (χ1v) is 13.5. The Hall–Kier alpha value is -1.89. The van der Waals surface area contributed by atoms with Crippen LogP contribution >= 0.6 is 0 Å². The lowest BCUT2D eigenvalue weighted by Crippen LogP contribution is -2.54. The van der Waals surface area contributed by atoms with Crippen LogP contribution in [0.1, 0.15) is 43.6 Å². The molecular formula is C26H33AlNO-. The minimum absolute atomic E-state index is 0.107. The van der Waals surface area contributed by atoms with Gasteiger partial charge in [0.1, 0.15) is 0 Å². The lowest BCUT2D eigenvalue weighted by atomic mass is 10.1. The Labute approximate surface area is 179 Å². The van der Waals surface area contributed by atoms with Crippen LogP contribution < -0.4 is 0 Å². The molecule has 0 saturated carbocycles. The van der Waals surface area contributed by atoms with E-state index in [1.54, 1.807) is 0 Å². The zero-order valence-electron chi connectivity index (χ0n) is 18.0. The fraction of sp³-hybridized carbons (Fsp3) is 0.308. The lowest BCUT2D eigenvalue weighted by molar-refractivity contribution is 0.162. The maximum absolute atomic E-state index is 7.02. The van der Waals surface area contributed by atoms with Gasteiger partial charge in [0.25, 0.3) is 0 Å². The predicted octanol–water partition coefficient (Wildman–Crippen LogP) is 6.95. The minimum Gasteiger partial charge on any atom is -0.640 e. The van der Waals surface area contributed by atoms with E-state index in [1.165, 1.54) is 16.7 Å². The van der Waals surface area contributed by atoms with E-state index < -0.39 is 13.6 Å². The highest BCUT2D eigenvalue weighted by Crippen LogP contribution is 2.32. The number of rotatable bonds is 10. The molecule has 3 rings (SSSR count). The zero-order valence-corrected chi connectivity index (χ0v) is 19.2. The van der Waals surface area contributed by atoms with Gasteiger partial charge in [-0.15, -0.1) is 0 Å². The predicted molar refractivity (Wildman–Crippen MR) is 125 cm³/mol. The number of nitrogens with zero attached hydrogens (tertiary/aromatic N) is 1. The van der Waals surface area contributed by atoms with Crippen molar-refractivity contribution in [2.75, 3.05) is 0 Å². The van der Waals surface area contributed by atoms with E-state index in [2.05, 4.69) is 116 Å². The van der Waals surface area contributed by atoms with Gasteiger partial charge in [0, 0.05) is 6.10 Å². The Morgan fingerprint density at radius 2 is 1.10 bits per heavy atom. The molecule has 3 aromatic carbocycles. The number of hydrogen-bond donors (Lipinski definition) is 0. The molecule has 0 aromatic heterocycles. The van der Waals surface area contributed by atoms with Gasteiger partial charge in [-0.25, -0.2) is 0 Å². The molecule has 0 aliphatic carbocycles. The Morgan fingerprint density at radius 1 is 0.690 bits per heavy atom. The summed E-state index contributed by atoms with van der Waals surface area (Å²) in [6.07, 6.45) is 0.107. The quantitative estimate of drug-likeness (QED) is 0.340. The third-order valence-electron chi connectivity index (χ3n) is 6.12. The van der Waals surface area contributed by atoms with Gasteiger partial charge < -0.3 is 7.67 Å². The third kappa shape index (κ3) is 5.81. The first-order valence-electron chi connectivity index (χ1n) is 10.9. The second-order valence-corrected chi connectivity index (χ2v) is 12.8.